The second-order valence-electron chi connectivity index (χ2n) is 1.75. The Labute approximate surface area is 59.2 Å². The number of carbonyl (C=O) groups is 1. The van der Waals surface area contributed by atoms with Crippen LogP contribution in [0.4, 0.5) is 4.79 Å². The largest absolute Gasteiger partial charge is 0.394 e. The number of hydrogen-bond acceptors (Lipinski definition) is 3. The van der Waals surface area contributed by atoms with Gasteiger partial charge in [0.25, 0.3) is 0 Å². The van der Waals surface area contributed by atoms with E-state index < -0.39 is 12.3 Å². The van der Waals surface area contributed by atoms with Crippen molar-refractivity contribution in [3.05, 3.63) is 0 Å². The third kappa shape index (κ3) is 5.33. The predicted molar refractivity (Wildman–Crippen MR) is 35.2 cm³/mol. The van der Waals surface area contributed by atoms with E-state index in [2.05, 4.69) is 5.32 Å². The Morgan fingerprint density at radius 1 is 1.90 bits per heavy atom. The molecule has 10 heavy (non-hydrogen) atoms. The number of aliphatic hydroxyl groups is 1. The van der Waals surface area contributed by atoms with Gasteiger partial charge in [-0.2, -0.15) is 0 Å². The molecule has 2 amide bonds. The highest BCUT2D eigenvalue weighted by atomic mass is 16.5. The normalized spacial score (nSPS) is 12.6. The van der Waals surface area contributed by atoms with E-state index in [0.717, 1.165) is 0 Å². The van der Waals surface area contributed by atoms with E-state index in [0.29, 0.717) is 0 Å². The molecule has 0 aliphatic rings. The highest BCUT2D eigenvalue weighted by molar-refractivity contribution is 5.71. The second kappa shape index (κ2) is 5.01. The highest BCUT2D eigenvalue weighted by Crippen LogP contribution is 1.82. The fourth-order valence-electron chi connectivity index (χ4n) is 0.471. The molecular formula is C5H12N2O3. The predicted octanol–water partition coefficient (Wildman–Crippen LogP) is -0.990. The molecular weight excluding hydrogens is 136 g/mol. The molecule has 0 heterocycles. The molecule has 0 aliphatic carbocycles. The average Bonchev–Trinajstić information content (AvgIpc) is 1.82. The minimum absolute atomic E-state index is 0.0647. The number of ether oxygens (including phenoxy) is 1. The van der Waals surface area contributed by atoms with Crippen LogP contribution in [-0.4, -0.2) is 30.6 Å². The second-order valence-corrected chi connectivity index (χ2v) is 1.75. The van der Waals surface area contributed by atoms with Crippen molar-refractivity contribution in [2.45, 2.75) is 13.2 Å². The van der Waals surface area contributed by atoms with Crippen molar-refractivity contribution >= 4 is 6.03 Å². The molecule has 5 heteroatoms. The minimum atomic E-state index is -0.634. The van der Waals surface area contributed by atoms with Crippen LogP contribution in [0.3, 0.4) is 0 Å². The summed E-state index contributed by atoms with van der Waals surface area (Å²) in [6, 6.07) is -0.634. The lowest BCUT2D eigenvalue weighted by molar-refractivity contribution is 0.0273. The molecule has 60 valence electrons. The summed E-state index contributed by atoms with van der Waals surface area (Å²) in [6.07, 6.45) is -0.440. The molecule has 0 saturated carbocycles. The van der Waals surface area contributed by atoms with Crippen molar-refractivity contribution in [2.24, 2.45) is 5.73 Å². The molecule has 0 aromatic carbocycles. The number of carbonyl (C=O) groups excluding carboxylic acids is 1. The van der Waals surface area contributed by atoms with Gasteiger partial charge in [0, 0.05) is 0 Å². The van der Waals surface area contributed by atoms with E-state index in [1.807, 2.05) is 0 Å². The van der Waals surface area contributed by atoms with E-state index in [4.69, 9.17) is 15.6 Å². The van der Waals surface area contributed by atoms with Crippen LogP contribution in [-0.2, 0) is 4.74 Å². The van der Waals surface area contributed by atoms with E-state index in [-0.39, 0.29) is 13.2 Å². The molecule has 0 rings (SSSR count). The number of nitrogens with one attached hydrogen (secondary N) is 1. The summed E-state index contributed by atoms with van der Waals surface area (Å²) in [6.45, 7) is 1.76. The first-order valence-electron chi connectivity index (χ1n) is 2.95. The van der Waals surface area contributed by atoms with Gasteiger partial charge in [0.15, 0.2) is 0 Å². The van der Waals surface area contributed by atoms with Gasteiger partial charge in [-0.15, -0.1) is 0 Å². The van der Waals surface area contributed by atoms with E-state index >= 15 is 0 Å². The lowest BCUT2D eigenvalue weighted by Crippen LogP contribution is -2.38. The summed E-state index contributed by atoms with van der Waals surface area (Å²) in [5, 5.41) is 10.6. The van der Waals surface area contributed by atoms with E-state index in [1.165, 1.54) is 0 Å². The van der Waals surface area contributed by atoms with Crippen LogP contribution in [0.15, 0.2) is 0 Å². The number of nitrogens with two attached hydrogens (primary N) is 1. The Morgan fingerprint density at radius 2 is 2.50 bits per heavy atom. The fourth-order valence-corrected chi connectivity index (χ4v) is 0.471. The third-order valence-corrected chi connectivity index (χ3v) is 0.805. The molecule has 0 saturated heterocycles. The molecule has 5 nitrogen and oxygen atoms in total. The van der Waals surface area contributed by atoms with Crippen LogP contribution in [0.2, 0.25) is 0 Å². The zero-order chi connectivity index (χ0) is 7.98. The number of aliphatic hydroxyl groups excluding tert-OH is 1. The van der Waals surface area contributed by atoms with Crippen molar-refractivity contribution in [1.29, 1.82) is 0 Å². The van der Waals surface area contributed by atoms with Gasteiger partial charge < -0.3 is 20.9 Å². The minimum Gasteiger partial charge on any atom is -0.394 e. The summed E-state index contributed by atoms with van der Waals surface area (Å²) in [7, 11) is 0. The zero-order valence-corrected chi connectivity index (χ0v) is 5.83. The van der Waals surface area contributed by atoms with Gasteiger partial charge in [0.05, 0.1) is 13.2 Å². The van der Waals surface area contributed by atoms with Crippen LogP contribution in [0.25, 0.3) is 0 Å². The summed E-state index contributed by atoms with van der Waals surface area (Å²) in [5.41, 5.74) is 4.77. The van der Waals surface area contributed by atoms with Crippen molar-refractivity contribution in [2.75, 3.05) is 13.2 Å². The average molecular weight is 148 g/mol. The lowest BCUT2D eigenvalue weighted by atomic mass is 10.6. The Bertz CT molecular complexity index is 107. The molecule has 1 unspecified atom stereocenters. The molecule has 0 radical (unpaired) electrons. The topological polar surface area (TPSA) is 84.6 Å². The van der Waals surface area contributed by atoms with E-state index in [1.54, 1.807) is 6.92 Å². The molecule has 4 N–H and O–H groups in total. The fraction of sp³-hybridized carbons (Fsp3) is 0.800. The monoisotopic (exact) mass is 148 g/mol. The number of hydrogen-bond donors (Lipinski definition) is 3. The summed E-state index contributed by atoms with van der Waals surface area (Å²) >= 11 is 0. The van der Waals surface area contributed by atoms with Crippen molar-refractivity contribution < 1.29 is 14.6 Å². The van der Waals surface area contributed by atoms with Crippen molar-refractivity contribution in [3.63, 3.8) is 0 Å². The first kappa shape index (κ1) is 9.19. The SMILES string of the molecule is CC(NC(N)=O)OCCO. The Hall–Kier alpha value is -0.810. The molecule has 0 fully saturated rings. The van der Waals surface area contributed by atoms with Gasteiger partial charge in [-0.25, -0.2) is 4.79 Å². The molecule has 0 aliphatic heterocycles. The van der Waals surface area contributed by atoms with Crippen LogP contribution in [0.5, 0.6) is 0 Å². The summed E-state index contributed by atoms with van der Waals surface area (Å²) < 4.78 is 4.84. The molecule has 0 bridgehead atoms. The number of rotatable bonds is 4. The zero-order valence-electron chi connectivity index (χ0n) is 5.83. The Balaban J connectivity index is 3.25. The quantitative estimate of drug-likeness (QED) is 0.447. The third-order valence-electron chi connectivity index (χ3n) is 0.805. The van der Waals surface area contributed by atoms with Crippen molar-refractivity contribution in [1.82, 2.24) is 5.32 Å². The maximum Gasteiger partial charge on any atom is 0.314 e. The first-order valence-corrected chi connectivity index (χ1v) is 2.95. The van der Waals surface area contributed by atoms with Gasteiger partial charge in [-0.1, -0.05) is 0 Å². The Morgan fingerprint density at radius 3 is 2.90 bits per heavy atom. The number of primary amides is 1. The van der Waals surface area contributed by atoms with Crippen LogP contribution >= 0.6 is 0 Å². The van der Waals surface area contributed by atoms with Gasteiger partial charge in [0.2, 0.25) is 0 Å². The van der Waals surface area contributed by atoms with Gasteiger partial charge >= 0.3 is 6.03 Å². The number of urea groups is 1. The first-order chi connectivity index (χ1) is 4.66. The Kier molecular flexibility index (Phi) is 4.61. The smallest absolute Gasteiger partial charge is 0.314 e. The van der Waals surface area contributed by atoms with Gasteiger partial charge in [-0.3, -0.25) is 0 Å². The number of amides is 2. The highest BCUT2D eigenvalue weighted by Gasteiger charge is 2.01. The summed E-state index contributed by atoms with van der Waals surface area (Å²) in [5.74, 6) is 0. The molecule has 0 spiro atoms. The maximum atomic E-state index is 10.1. The van der Waals surface area contributed by atoms with Crippen LogP contribution < -0.4 is 11.1 Å². The summed E-state index contributed by atoms with van der Waals surface area (Å²) in [4.78, 5) is 10.1. The molecule has 0 aromatic rings. The maximum absolute atomic E-state index is 10.1. The van der Waals surface area contributed by atoms with Crippen LogP contribution in [0, 0.1) is 0 Å². The lowest BCUT2D eigenvalue weighted by Gasteiger charge is -2.11. The molecule has 1 atom stereocenters. The molecule has 0 aromatic heterocycles. The standard InChI is InChI=1S/C5H12N2O3/c1-4(7-5(6)9)10-3-2-8/h4,8H,2-3H2,1H3,(H3,6,7,9). The van der Waals surface area contributed by atoms with Crippen molar-refractivity contribution in [3.8, 4) is 0 Å². The van der Waals surface area contributed by atoms with E-state index in [9.17, 15) is 4.79 Å². The van der Waals surface area contributed by atoms with Gasteiger partial charge in [0.1, 0.15) is 6.23 Å². The van der Waals surface area contributed by atoms with Crippen LogP contribution in [0.1, 0.15) is 6.92 Å². The van der Waals surface area contributed by atoms with Gasteiger partial charge in [-0.05, 0) is 6.92 Å².